The van der Waals surface area contributed by atoms with Crippen LogP contribution in [0.4, 0.5) is 0 Å². The van der Waals surface area contributed by atoms with Crippen LogP contribution in [0.3, 0.4) is 0 Å². The van der Waals surface area contributed by atoms with Crippen molar-refractivity contribution in [1.82, 2.24) is 0 Å². The molecule has 1 fully saturated rings. The van der Waals surface area contributed by atoms with Crippen LogP contribution in [-0.4, -0.2) is 0 Å². The number of rotatable bonds is 7. The van der Waals surface area contributed by atoms with E-state index < -0.39 is 0 Å². The monoisotopic (exact) mass is 334 g/mol. The minimum absolute atomic E-state index is 0.752. The number of allylic oxidation sites excluding steroid dienone is 3. The van der Waals surface area contributed by atoms with Crippen molar-refractivity contribution < 1.29 is 0 Å². The summed E-state index contributed by atoms with van der Waals surface area (Å²) in [6.45, 7) is 4.54. The summed E-state index contributed by atoms with van der Waals surface area (Å²) < 4.78 is 0. The first-order valence-corrected chi connectivity index (χ1v) is 10.2. The molecule has 0 radical (unpaired) electrons. The molecule has 0 heterocycles. The minimum atomic E-state index is 0.752. The third-order valence-corrected chi connectivity index (χ3v) is 5.28. The number of unbranched alkanes of at least 4 members (excludes halogenated alkanes) is 1. The maximum absolute atomic E-state index is 3.16. The number of aryl methyl sites for hydroxylation is 1. The summed E-state index contributed by atoms with van der Waals surface area (Å²) in [5.74, 6) is 8.03. The minimum Gasteiger partial charge on any atom is -0.0730 e. The highest BCUT2D eigenvalue weighted by Crippen LogP contribution is 2.31. The average Bonchev–Trinajstić information content (AvgIpc) is 2.65. The van der Waals surface area contributed by atoms with Crippen LogP contribution in [0.1, 0.15) is 76.3 Å². The maximum atomic E-state index is 3.16. The van der Waals surface area contributed by atoms with Crippen LogP contribution in [-0.2, 0) is 6.42 Å². The SMILES string of the molecule is CCCCc1ccc(/C=C/C#C/C=C/C2CCC(CCC)CC2)cc1. The van der Waals surface area contributed by atoms with Crippen LogP contribution >= 0.6 is 0 Å². The van der Waals surface area contributed by atoms with Gasteiger partial charge in [-0.2, -0.15) is 0 Å². The van der Waals surface area contributed by atoms with E-state index >= 15 is 0 Å². The predicted octanol–water partition coefficient (Wildman–Crippen LogP) is 7.21. The number of hydrogen-bond acceptors (Lipinski definition) is 0. The van der Waals surface area contributed by atoms with Gasteiger partial charge in [0, 0.05) is 0 Å². The summed E-state index contributed by atoms with van der Waals surface area (Å²) in [4.78, 5) is 0. The van der Waals surface area contributed by atoms with Gasteiger partial charge in [0.15, 0.2) is 0 Å². The molecule has 0 nitrogen and oxygen atoms in total. The second kappa shape index (κ2) is 11.8. The summed E-state index contributed by atoms with van der Waals surface area (Å²) in [6.07, 6.45) is 20.4. The lowest BCUT2D eigenvalue weighted by molar-refractivity contribution is 0.294. The molecule has 0 aliphatic heterocycles. The molecule has 0 saturated heterocycles. The Labute approximate surface area is 155 Å². The smallest absolute Gasteiger partial charge is 0.0109 e. The standard InChI is InChI=1S/C25H34/c1-3-5-11-23-18-20-25(21-19-23)13-9-7-6-8-12-24-16-14-22(10-4-2)15-17-24/h8-9,12-13,18-22,24H,3-5,10-11,14-17H2,1-2H3/b12-8+,13-9+. The van der Waals surface area contributed by atoms with E-state index in [2.05, 4.69) is 68.2 Å². The van der Waals surface area contributed by atoms with E-state index in [4.69, 9.17) is 0 Å². The van der Waals surface area contributed by atoms with Gasteiger partial charge in [0.1, 0.15) is 0 Å². The molecule has 1 aliphatic carbocycles. The molecular formula is C25H34. The van der Waals surface area contributed by atoms with Gasteiger partial charge in [-0.05, 0) is 79.7 Å². The van der Waals surface area contributed by atoms with Gasteiger partial charge in [-0.1, -0.05) is 75.3 Å². The van der Waals surface area contributed by atoms with Crippen LogP contribution in [0.15, 0.2) is 42.5 Å². The Balaban J connectivity index is 1.72. The zero-order valence-corrected chi connectivity index (χ0v) is 16.1. The molecule has 0 atom stereocenters. The Kier molecular flexibility index (Phi) is 9.21. The third kappa shape index (κ3) is 7.78. The van der Waals surface area contributed by atoms with Gasteiger partial charge in [-0.25, -0.2) is 0 Å². The van der Waals surface area contributed by atoms with E-state index in [1.54, 1.807) is 0 Å². The van der Waals surface area contributed by atoms with Crippen molar-refractivity contribution in [3.63, 3.8) is 0 Å². The fourth-order valence-corrected chi connectivity index (χ4v) is 3.67. The van der Waals surface area contributed by atoms with E-state index in [0.29, 0.717) is 0 Å². The highest BCUT2D eigenvalue weighted by atomic mass is 14.2. The lowest BCUT2D eigenvalue weighted by atomic mass is 9.80. The summed E-state index contributed by atoms with van der Waals surface area (Å²) in [5.41, 5.74) is 2.66. The van der Waals surface area contributed by atoms with Crippen molar-refractivity contribution in [1.29, 1.82) is 0 Å². The van der Waals surface area contributed by atoms with E-state index in [9.17, 15) is 0 Å². The second-order valence-corrected chi connectivity index (χ2v) is 7.40. The summed E-state index contributed by atoms with van der Waals surface area (Å²) in [5, 5.41) is 0. The second-order valence-electron chi connectivity index (χ2n) is 7.40. The quantitative estimate of drug-likeness (QED) is 0.462. The Morgan fingerprint density at radius 2 is 1.64 bits per heavy atom. The molecule has 1 aromatic carbocycles. The van der Waals surface area contributed by atoms with Gasteiger partial charge < -0.3 is 0 Å². The van der Waals surface area contributed by atoms with Gasteiger partial charge in [0.05, 0.1) is 0 Å². The zero-order valence-electron chi connectivity index (χ0n) is 16.1. The first kappa shape index (κ1) is 19.6. The Morgan fingerprint density at radius 3 is 2.32 bits per heavy atom. The normalized spacial score (nSPS) is 20.7. The molecule has 0 spiro atoms. The lowest BCUT2D eigenvalue weighted by Crippen LogP contribution is -2.12. The van der Waals surface area contributed by atoms with Crippen LogP contribution in [0.25, 0.3) is 6.08 Å². The third-order valence-electron chi connectivity index (χ3n) is 5.28. The van der Waals surface area contributed by atoms with Crippen molar-refractivity contribution in [2.75, 3.05) is 0 Å². The largest absolute Gasteiger partial charge is 0.0730 e. The van der Waals surface area contributed by atoms with Crippen molar-refractivity contribution in [2.45, 2.75) is 71.6 Å². The lowest BCUT2D eigenvalue weighted by Gasteiger charge is -2.26. The molecule has 0 heteroatoms. The Morgan fingerprint density at radius 1 is 0.920 bits per heavy atom. The fraction of sp³-hybridized carbons (Fsp3) is 0.520. The number of hydrogen-bond donors (Lipinski definition) is 0. The first-order valence-electron chi connectivity index (χ1n) is 10.2. The van der Waals surface area contributed by atoms with Crippen LogP contribution in [0.5, 0.6) is 0 Å². The molecule has 0 bridgehead atoms. The van der Waals surface area contributed by atoms with Crippen molar-refractivity contribution in [3.8, 4) is 11.8 Å². The van der Waals surface area contributed by atoms with Crippen LogP contribution < -0.4 is 0 Å². The molecule has 1 aromatic rings. The molecule has 134 valence electrons. The summed E-state index contributed by atoms with van der Waals surface area (Å²) >= 11 is 0. The van der Waals surface area contributed by atoms with E-state index in [1.807, 2.05) is 6.08 Å². The summed E-state index contributed by atoms with van der Waals surface area (Å²) in [6, 6.07) is 8.84. The van der Waals surface area contributed by atoms with Crippen molar-refractivity contribution in [3.05, 3.63) is 53.6 Å². The van der Waals surface area contributed by atoms with E-state index in [1.165, 1.54) is 68.9 Å². The molecule has 0 unspecified atom stereocenters. The Bertz CT molecular complexity index is 583. The van der Waals surface area contributed by atoms with Crippen molar-refractivity contribution in [2.24, 2.45) is 11.8 Å². The zero-order chi connectivity index (χ0) is 17.7. The molecule has 1 aliphatic rings. The van der Waals surface area contributed by atoms with Crippen molar-refractivity contribution >= 4 is 6.08 Å². The molecule has 2 rings (SSSR count). The van der Waals surface area contributed by atoms with Gasteiger partial charge >= 0.3 is 0 Å². The average molecular weight is 335 g/mol. The molecule has 25 heavy (non-hydrogen) atoms. The fourth-order valence-electron chi connectivity index (χ4n) is 3.67. The highest BCUT2D eigenvalue weighted by Gasteiger charge is 2.18. The highest BCUT2D eigenvalue weighted by molar-refractivity contribution is 5.53. The van der Waals surface area contributed by atoms with Gasteiger partial charge in [-0.3, -0.25) is 0 Å². The van der Waals surface area contributed by atoms with E-state index in [0.717, 1.165) is 11.8 Å². The van der Waals surface area contributed by atoms with Crippen LogP contribution in [0, 0.1) is 23.7 Å². The van der Waals surface area contributed by atoms with Crippen LogP contribution in [0.2, 0.25) is 0 Å². The predicted molar refractivity (Wildman–Crippen MR) is 111 cm³/mol. The summed E-state index contributed by atoms with van der Waals surface area (Å²) in [7, 11) is 0. The molecular weight excluding hydrogens is 300 g/mol. The molecule has 1 saturated carbocycles. The maximum Gasteiger partial charge on any atom is -0.0109 e. The molecule has 0 aromatic heterocycles. The van der Waals surface area contributed by atoms with Gasteiger partial charge in [0.25, 0.3) is 0 Å². The van der Waals surface area contributed by atoms with Gasteiger partial charge in [0.2, 0.25) is 0 Å². The van der Waals surface area contributed by atoms with E-state index in [-0.39, 0.29) is 0 Å². The Hall–Kier alpha value is -1.74. The molecule has 0 N–H and O–H groups in total. The topological polar surface area (TPSA) is 0 Å². The van der Waals surface area contributed by atoms with Gasteiger partial charge in [-0.15, -0.1) is 0 Å². The molecule has 0 amide bonds. The first-order chi connectivity index (χ1) is 12.3. The number of benzene rings is 1.